The highest BCUT2D eigenvalue weighted by atomic mass is 16.5. The lowest BCUT2D eigenvalue weighted by Crippen LogP contribution is -1.98. The molecule has 2 fully saturated rings. The monoisotopic (exact) mass is 179 g/mol. The summed E-state index contributed by atoms with van der Waals surface area (Å²) in [6.45, 7) is 0.381. The van der Waals surface area contributed by atoms with Gasteiger partial charge in [0.25, 0.3) is 0 Å². The van der Waals surface area contributed by atoms with Crippen molar-refractivity contribution in [2.24, 2.45) is 17.6 Å². The van der Waals surface area contributed by atoms with Crippen molar-refractivity contribution >= 4 is 0 Å². The van der Waals surface area contributed by atoms with E-state index in [-0.39, 0.29) is 0 Å². The molecule has 0 aromatic carbocycles. The van der Waals surface area contributed by atoms with E-state index in [0.29, 0.717) is 18.3 Å². The van der Waals surface area contributed by atoms with Gasteiger partial charge in [0.1, 0.15) is 0 Å². The van der Waals surface area contributed by atoms with Crippen molar-refractivity contribution in [3.8, 4) is 0 Å². The van der Waals surface area contributed by atoms with Gasteiger partial charge in [0.05, 0.1) is 6.54 Å². The van der Waals surface area contributed by atoms with E-state index in [1.165, 1.54) is 19.3 Å². The van der Waals surface area contributed by atoms with Gasteiger partial charge in [0.15, 0.2) is 5.82 Å². The summed E-state index contributed by atoms with van der Waals surface area (Å²) in [5, 5.41) is 3.81. The molecule has 2 saturated carbocycles. The van der Waals surface area contributed by atoms with Crippen LogP contribution >= 0.6 is 0 Å². The number of hydrogen-bond acceptors (Lipinski definition) is 4. The summed E-state index contributed by atoms with van der Waals surface area (Å²) in [4.78, 5) is 4.27. The molecule has 13 heavy (non-hydrogen) atoms. The molecule has 0 radical (unpaired) electrons. The molecule has 2 aliphatic rings. The van der Waals surface area contributed by atoms with Gasteiger partial charge in [-0.15, -0.1) is 0 Å². The topological polar surface area (TPSA) is 64.9 Å². The minimum atomic E-state index is 0.381. The lowest BCUT2D eigenvalue weighted by Gasteiger charge is -1.94. The molecular formula is C9H13N3O. The van der Waals surface area contributed by atoms with E-state index >= 15 is 0 Å². The number of aromatic nitrogens is 2. The molecule has 1 heterocycles. The molecule has 4 nitrogen and oxygen atoms in total. The summed E-state index contributed by atoms with van der Waals surface area (Å²) in [6.07, 6.45) is 4.06. The molecule has 0 amide bonds. The summed E-state index contributed by atoms with van der Waals surface area (Å²) < 4.78 is 5.17. The van der Waals surface area contributed by atoms with Crippen molar-refractivity contribution in [1.29, 1.82) is 0 Å². The Balaban J connectivity index is 1.79. The van der Waals surface area contributed by atoms with Gasteiger partial charge in [-0.2, -0.15) is 4.98 Å². The normalized spacial score (nSPS) is 36.2. The Morgan fingerprint density at radius 1 is 1.38 bits per heavy atom. The van der Waals surface area contributed by atoms with Gasteiger partial charge in [-0.1, -0.05) is 11.6 Å². The molecular weight excluding hydrogens is 166 g/mol. The van der Waals surface area contributed by atoms with Crippen LogP contribution < -0.4 is 5.73 Å². The molecule has 2 aliphatic carbocycles. The van der Waals surface area contributed by atoms with E-state index in [0.717, 1.165) is 17.7 Å². The highest BCUT2D eigenvalue weighted by molar-refractivity contribution is 5.15. The maximum atomic E-state index is 5.41. The summed E-state index contributed by atoms with van der Waals surface area (Å²) in [7, 11) is 0. The second-order valence-corrected chi connectivity index (χ2v) is 4.04. The SMILES string of the molecule is NCc1noc(C2C3CCCC32)n1. The van der Waals surface area contributed by atoms with E-state index in [2.05, 4.69) is 10.1 Å². The van der Waals surface area contributed by atoms with Gasteiger partial charge >= 0.3 is 0 Å². The Kier molecular flexibility index (Phi) is 1.47. The number of nitrogens with zero attached hydrogens (tertiary/aromatic N) is 2. The van der Waals surface area contributed by atoms with Crippen LogP contribution in [0, 0.1) is 11.8 Å². The smallest absolute Gasteiger partial charge is 0.230 e. The molecule has 3 rings (SSSR count). The van der Waals surface area contributed by atoms with E-state index in [4.69, 9.17) is 10.3 Å². The third-order valence-electron chi connectivity index (χ3n) is 3.36. The van der Waals surface area contributed by atoms with Crippen LogP contribution in [-0.2, 0) is 6.54 Å². The summed E-state index contributed by atoms with van der Waals surface area (Å²) in [5.74, 6) is 3.72. The van der Waals surface area contributed by atoms with E-state index in [1.54, 1.807) is 0 Å². The van der Waals surface area contributed by atoms with Gasteiger partial charge < -0.3 is 10.3 Å². The average Bonchev–Trinajstić information content (AvgIpc) is 2.65. The first kappa shape index (κ1) is 7.50. The molecule has 0 bridgehead atoms. The fourth-order valence-corrected chi connectivity index (χ4v) is 2.67. The van der Waals surface area contributed by atoms with E-state index < -0.39 is 0 Å². The van der Waals surface area contributed by atoms with Crippen LogP contribution in [0.3, 0.4) is 0 Å². The Morgan fingerprint density at radius 2 is 2.15 bits per heavy atom. The van der Waals surface area contributed by atoms with Crippen LogP contribution in [0.2, 0.25) is 0 Å². The second-order valence-electron chi connectivity index (χ2n) is 4.04. The van der Waals surface area contributed by atoms with Crippen LogP contribution in [0.15, 0.2) is 4.52 Å². The molecule has 0 saturated heterocycles. The molecule has 2 N–H and O–H groups in total. The van der Waals surface area contributed by atoms with Crippen molar-refractivity contribution in [2.45, 2.75) is 31.7 Å². The number of nitrogens with two attached hydrogens (primary N) is 1. The first-order valence-corrected chi connectivity index (χ1v) is 4.92. The molecule has 1 aromatic heterocycles. The highest BCUT2D eigenvalue weighted by Crippen LogP contribution is 2.62. The van der Waals surface area contributed by atoms with E-state index in [1.807, 2.05) is 0 Å². The lowest BCUT2D eigenvalue weighted by atomic mass is 10.1. The molecule has 0 aliphatic heterocycles. The largest absolute Gasteiger partial charge is 0.339 e. The molecule has 0 spiro atoms. The summed E-state index contributed by atoms with van der Waals surface area (Å²) in [6, 6.07) is 0. The zero-order valence-electron chi connectivity index (χ0n) is 7.44. The van der Waals surface area contributed by atoms with E-state index in [9.17, 15) is 0 Å². The molecule has 1 aromatic rings. The molecule has 4 heteroatoms. The Labute approximate surface area is 76.5 Å². The standard InChI is InChI=1S/C9H13N3O/c10-4-7-11-9(13-12-7)8-5-2-1-3-6(5)8/h5-6,8H,1-4,10H2. The van der Waals surface area contributed by atoms with Crippen molar-refractivity contribution in [3.05, 3.63) is 11.7 Å². The highest BCUT2D eigenvalue weighted by Gasteiger charge is 2.56. The molecule has 2 atom stereocenters. The fourth-order valence-electron chi connectivity index (χ4n) is 2.67. The minimum Gasteiger partial charge on any atom is -0.339 e. The van der Waals surface area contributed by atoms with Crippen LogP contribution in [0.5, 0.6) is 0 Å². The van der Waals surface area contributed by atoms with Crippen molar-refractivity contribution in [2.75, 3.05) is 0 Å². The predicted octanol–water partition coefficient (Wildman–Crippen LogP) is 1.04. The van der Waals surface area contributed by atoms with Gasteiger partial charge in [-0.05, 0) is 24.7 Å². The first-order chi connectivity index (χ1) is 6.40. The molecule has 2 unspecified atom stereocenters. The Morgan fingerprint density at radius 3 is 2.77 bits per heavy atom. The first-order valence-electron chi connectivity index (χ1n) is 4.92. The van der Waals surface area contributed by atoms with Crippen molar-refractivity contribution < 1.29 is 4.52 Å². The summed E-state index contributed by atoms with van der Waals surface area (Å²) in [5.41, 5.74) is 5.41. The van der Waals surface area contributed by atoms with Gasteiger partial charge in [-0.25, -0.2) is 0 Å². The second kappa shape index (κ2) is 2.54. The maximum Gasteiger partial charge on any atom is 0.230 e. The van der Waals surface area contributed by atoms with Crippen molar-refractivity contribution in [3.63, 3.8) is 0 Å². The number of hydrogen-bond donors (Lipinski definition) is 1. The number of fused-ring (bicyclic) bond motifs is 1. The quantitative estimate of drug-likeness (QED) is 0.736. The average molecular weight is 179 g/mol. The zero-order valence-corrected chi connectivity index (χ0v) is 7.44. The van der Waals surface area contributed by atoms with Crippen LogP contribution in [0.4, 0.5) is 0 Å². The fraction of sp³-hybridized carbons (Fsp3) is 0.778. The number of rotatable bonds is 2. The Bertz CT molecular complexity index is 312. The van der Waals surface area contributed by atoms with Crippen LogP contribution in [0.1, 0.15) is 36.9 Å². The molecule has 70 valence electrons. The van der Waals surface area contributed by atoms with Gasteiger partial charge in [0.2, 0.25) is 5.89 Å². The lowest BCUT2D eigenvalue weighted by molar-refractivity contribution is 0.363. The van der Waals surface area contributed by atoms with Crippen molar-refractivity contribution in [1.82, 2.24) is 10.1 Å². The van der Waals surface area contributed by atoms with Gasteiger partial charge in [-0.3, -0.25) is 0 Å². The third kappa shape index (κ3) is 1.01. The van der Waals surface area contributed by atoms with Crippen LogP contribution in [0.25, 0.3) is 0 Å². The Hall–Kier alpha value is -0.900. The van der Waals surface area contributed by atoms with Gasteiger partial charge in [0, 0.05) is 5.92 Å². The third-order valence-corrected chi connectivity index (χ3v) is 3.36. The minimum absolute atomic E-state index is 0.381. The zero-order chi connectivity index (χ0) is 8.84. The van der Waals surface area contributed by atoms with Crippen LogP contribution in [-0.4, -0.2) is 10.1 Å². The maximum absolute atomic E-state index is 5.41. The summed E-state index contributed by atoms with van der Waals surface area (Å²) >= 11 is 0. The predicted molar refractivity (Wildman–Crippen MR) is 45.8 cm³/mol.